The third-order valence-corrected chi connectivity index (χ3v) is 6.25. The Morgan fingerprint density at radius 1 is 1.26 bits per heavy atom. The summed E-state index contributed by atoms with van der Waals surface area (Å²) in [5.74, 6) is 0.223. The van der Waals surface area contributed by atoms with Crippen molar-refractivity contribution in [3.8, 4) is 5.88 Å². The SMILES string of the molecule is Cc1cc(C)c(NC(=O)COc2ncnc3sc4c(c23)CCCC4)c(Cl)c1. The number of aromatic nitrogens is 2. The number of amides is 1. The maximum absolute atomic E-state index is 12.4. The molecule has 3 aromatic rings. The van der Waals surface area contributed by atoms with Crippen LogP contribution in [0.2, 0.25) is 5.02 Å². The smallest absolute Gasteiger partial charge is 0.262 e. The summed E-state index contributed by atoms with van der Waals surface area (Å²) in [5.41, 5.74) is 3.88. The highest BCUT2D eigenvalue weighted by Gasteiger charge is 2.21. The molecule has 140 valence electrons. The number of fused-ring (bicyclic) bond motifs is 3. The molecule has 0 spiro atoms. The molecule has 4 rings (SSSR count). The van der Waals surface area contributed by atoms with E-state index in [9.17, 15) is 4.79 Å². The topological polar surface area (TPSA) is 64.1 Å². The number of ether oxygens (including phenoxy) is 1. The van der Waals surface area contributed by atoms with Gasteiger partial charge in [-0.25, -0.2) is 9.97 Å². The van der Waals surface area contributed by atoms with Crippen LogP contribution in [0.4, 0.5) is 5.69 Å². The molecule has 0 unspecified atom stereocenters. The molecule has 0 saturated heterocycles. The number of carbonyl (C=O) groups is 1. The zero-order valence-corrected chi connectivity index (χ0v) is 16.8. The Morgan fingerprint density at radius 3 is 2.89 bits per heavy atom. The number of hydrogen-bond donors (Lipinski definition) is 1. The highest BCUT2D eigenvalue weighted by atomic mass is 35.5. The van der Waals surface area contributed by atoms with Gasteiger partial charge in [0.1, 0.15) is 11.2 Å². The highest BCUT2D eigenvalue weighted by molar-refractivity contribution is 7.18. The van der Waals surface area contributed by atoms with Crippen molar-refractivity contribution in [2.45, 2.75) is 39.5 Å². The van der Waals surface area contributed by atoms with Gasteiger partial charge >= 0.3 is 0 Å². The molecule has 2 heterocycles. The van der Waals surface area contributed by atoms with Crippen molar-refractivity contribution in [3.63, 3.8) is 0 Å². The number of anilines is 1. The van der Waals surface area contributed by atoms with Crippen molar-refractivity contribution in [1.29, 1.82) is 0 Å². The summed E-state index contributed by atoms with van der Waals surface area (Å²) in [6.45, 7) is 3.76. The third-order valence-electron chi connectivity index (χ3n) is 4.75. The van der Waals surface area contributed by atoms with Crippen LogP contribution in [0.15, 0.2) is 18.5 Å². The summed E-state index contributed by atoms with van der Waals surface area (Å²) in [5, 5.41) is 4.34. The van der Waals surface area contributed by atoms with E-state index >= 15 is 0 Å². The minimum atomic E-state index is -0.264. The van der Waals surface area contributed by atoms with Gasteiger partial charge in [-0.3, -0.25) is 4.79 Å². The van der Waals surface area contributed by atoms with Gasteiger partial charge in [0.05, 0.1) is 16.1 Å². The molecule has 1 aliphatic rings. The van der Waals surface area contributed by atoms with Crippen LogP contribution in [-0.4, -0.2) is 22.5 Å². The molecule has 0 bridgehead atoms. The number of hydrogen-bond acceptors (Lipinski definition) is 5. The minimum Gasteiger partial charge on any atom is -0.467 e. The van der Waals surface area contributed by atoms with Gasteiger partial charge < -0.3 is 10.1 Å². The van der Waals surface area contributed by atoms with Crippen LogP contribution in [0.5, 0.6) is 5.88 Å². The Kier molecular flexibility index (Phi) is 5.02. The summed E-state index contributed by atoms with van der Waals surface area (Å²) in [4.78, 5) is 23.4. The van der Waals surface area contributed by atoms with Crippen molar-refractivity contribution in [2.24, 2.45) is 0 Å². The maximum atomic E-state index is 12.4. The Hall–Kier alpha value is -2.18. The highest BCUT2D eigenvalue weighted by Crippen LogP contribution is 2.39. The molecule has 1 amide bonds. The number of carbonyl (C=O) groups excluding carboxylic acids is 1. The quantitative estimate of drug-likeness (QED) is 0.678. The molecule has 0 atom stereocenters. The molecule has 0 fully saturated rings. The van der Waals surface area contributed by atoms with Gasteiger partial charge in [-0.1, -0.05) is 17.7 Å². The molecular formula is C20H20ClN3O2S. The van der Waals surface area contributed by atoms with Crippen molar-refractivity contribution in [2.75, 3.05) is 11.9 Å². The normalized spacial score (nSPS) is 13.4. The predicted octanol–water partition coefficient (Wildman–Crippen LogP) is 4.86. The van der Waals surface area contributed by atoms with E-state index < -0.39 is 0 Å². The van der Waals surface area contributed by atoms with E-state index in [1.807, 2.05) is 26.0 Å². The van der Waals surface area contributed by atoms with Crippen LogP contribution in [0, 0.1) is 13.8 Å². The molecule has 1 aromatic carbocycles. The minimum absolute atomic E-state index is 0.125. The lowest BCUT2D eigenvalue weighted by Crippen LogP contribution is -2.21. The van der Waals surface area contributed by atoms with Gasteiger partial charge in [-0.15, -0.1) is 11.3 Å². The molecule has 1 N–H and O–H groups in total. The van der Waals surface area contributed by atoms with Crippen LogP contribution in [0.3, 0.4) is 0 Å². The van der Waals surface area contributed by atoms with Crippen LogP contribution < -0.4 is 10.1 Å². The van der Waals surface area contributed by atoms with Gasteiger partial charge in [0.15, 0.2) is 6.61 Å². The standard InChI is InChI=1S/C20H20ClN3O2S/c1-11-7-12(2)18(14(21)8-11)24-16(25)9-26-19-17-13-5-3-4-6-15(13)27-20(17)23-10-22-19/h7-8,10H,3-6,9H2,1-2H3,(H,24,25). The van der Waals surface area contributed by atoms with E-state index in [-0.39, 0.29) is 12.5 Å². The first-order valence-electron chi connectivity index (χ1n) is 8.97. The van der Waals surface area contributed by atoms with E-state index in [1.54, 1.807) is 11.3 Å². The molecule has 2 aromatic heterocycles. The molecule has 0 radical (unpaired) electrons. The first kappa shape index (κ1) is 18.2. The number of nitrogens with one attached hydrogen (secondary N) is 1. The maximum Gasteiger partial charge on any atom is 0.262 e. The summed E-state index contributed by atoms with van der Waals surface area (Å²) in [7, 11) is 0. The van der Waals surface area contributed by atoms with Crippen molar-refractivity contribution >= 4 is 44.7 Å². The summed E-state index contributed by atoms with van der Waals surface area (Å²) < 4.78 is 5.78. The van der Waals surface area contributed by atoms with Gasteiger partial charge in [-0.2, -0.15) is 0 Å². The second kappa shape index (κ2) is 7.44. The second-order valence-electron chi connectivity index (χ2n) is 6.85. The molecule has 1 aliphatic carbocycles. The monoisotopic (exact) mass is 401 g/mol. The first-order valence-corrected chi connectivity index (χ1v) is 10.2. The molecule has 0 saturated carbocycles. The number of halogens is 1. The van der Waals surface area contributed by atoms with Crippen molar-refractivity contribution in [1.82, 2.24) is 9.97 Å². The van der Waals surface area contributed by atoms with Gasteiger partial charge in [0.2, 0.25) is 5.88 Å². The second-order valence-corrected chi connectivity index (χ2v) is 8.34. The zero-order chi connectivity index (χ0) is 19.0. The summed E-state index contributed by atoms with van der Waals surface area (Å²) in [6, 6.07) is 3.81. The van der Waals surface area contributed by atoms with Crippen LogP contribution in [0.1, 0.15) is 34.4 Å². The Balaban J connectivity index is 1.52. The van der Waals surface area contributed by atoms with Gasteiger partial charge in [0, 0.05) is 4.88 Å². The molecule has 7 heteroatoms. The number of rotatable bonds is 4. The lowest BCUT2D eigenvalue weighted by Gasteiger charge is -2.13. The van der Waals surface area contributed by atoms with Gasteiger partial charge in [-0.05, 0) is 62.3 Å². The lowest BCUT2D eigenvalue weighted by molar-refractivity contribution is -0.118. The number of benzene rings is 1. The van der Waals surface area contributed by atoms with Crippen LogP contribution >= 0.6 is 22.9 Å². The van der Waals surface area contributed by atoms with Gasteiger partial charge in [0.25, 0.3) is 5.91 Å². The Labute approximate surface area is 166 Å². The van der Waals surface area contributed by atoms with Crippen molar-refractivity contribution < 1.29 is 9.53 Å². The predicted molar refractivity (Wildman–Crippen MR) is 109 cm³/mol. The summed E-state index contributed by atoms with van der Waals surface area (Å²) >= 11 is 7.97. The fourth-order valence-corrected chi connectivity index (χ4v) is 5.14. The fourth-order valence-electron chi connectivity index (χ4n) is 3.55. The lowest BCUT2D eigenvalue weighted by atomic mass is 9.97. The van der Waals surface area contributed by atoms with E-state index in [1.165, 1.54) is 29.6 Å². The summed E-state index contributed by atoms with van der Waals surface area (Å²) in [6.07, 6.45) is 5.98. The van der Waals surface area contributed by atoms with E-state index in [0.717, 1.165) is 34.2 Å². The largest absolute Gasteiger partial charge is 0.467 e. The first-order chi connectivity index (χ1) is 13.0. The van der Waals surface area contributed by atoms with Crippen LogP contribution in [-0.2, 0) is 17.6 Å². The Bertz CT molecular complexity index is 1010. The average molecular weight is 402 g/mol. The van der Waals surface area contributed by atoms with E-state index in [4.69, 9.17) is 16.3 Å². The number of thiophene rings is 1. The molecule has 5 nitrogen and oxygen atoms in total. The zero-order valence-electron chi connectivity index (χ0n) is 15.3. The number of nitrogens with zero attached hydrogens (tertiary/aromatic N) is 2. The van der Waals surface area contributed by atoms with Crippen LogP contribution in [0.25, 0.3) is 10.2 Å². The third kappa shape index (κ3) is 3.64. The van der Waals surface area contributed by atoms with E-state index in [0.29, 0.717) is 16.6 Å². The Morgan fingerprint density at radius 2 is 2.07 bits per heavy atom. The molecule has 0 aliphatic heterocycles. The fraction of sp³-hybridized carbons (Fsp3) is 0.350. The molecule has 27 heavy (non-hydrogen) atoms. The van der Waals surface area contributed by atoms with E-state index in [2.05, 4.69) is 15.3 Å². The van der Waals surface area contributed by atoms with Crippen molar-refractivity contribution in [3.05, 3.63) is 45.1 Å². The molecular weight excluding hydrogens is 382 g/mol. The average Bonchev–Trinajstić information content (AvgIpc) is 3.02. The number of aryl methyl sites for hydroxylation is 4.